The average molecular weight is 334 g/mol. The highest BCUT2D eigenvalue weighted by Gasteiger charge is 2.23. The molecule has 0 atom stereocenters. The van der Waals surface area contributed by atoms with Gasteiger partial charge < -0.3 is 28.4 Å². The maximum Gasteiger partial charge on any atom is 0.158 e. The fraction of sp³-hybridized carbons (Fsp3) is 1.00. The molecule has 0 radical (unpaired) electrons. The minimum atomic E-state index is -0.0892. The first kappa shape index (κ1) is 17.0. The normalized spacial score (nSPS) is 25.0. The van der Waals surface area contributed by atoms with Gasteiger partial charge in [0, 0.05) is 19.3 Å². The minimum Gasteiger partial charge on any atom is -0.350 e. The van der Waals surface area contributed by atoms with Gasteiger partial charge in [0.05, 0.1) is 39.6 Å². The van der Waals surface area contributed by atoms with E-state index in [9.17, 15) is 0 Å². The van der Waals surface area contributed by atoms with Crippen LogP contribution in [0.15, 0.2) is 0 Å². The summed E-state index contributed by atoms with van der Waals surface area (Å²) in [4.78, 5) is 0. The van der Waals surface area contributed by atoms with Crippen LogP contribution < -0.4 is 0 Å². The van der Waals surface area contributed by atoms with Crippen LogP contribution in [-0.2, 0) is 28.4 Å². The molecule has 3 aliphatic heterocycles. The summed E-state index contributed by atoms with van der Waals surface area (Å²) in [5, 5.41) is 0. The molecule has 3 saturated heterocycles. The molecule has 0 aliphatic carbocycles. The van der Waals surface area contributed by atoms with E-state index in [4.69, 9.17) is 28.4 Å². The van der Waals surface area contributed by atoms with E-state index < -0.39 is 0 Å². The molecular weight excluding hydrogens is 307 g/mol. The number of hydrogen-bond acceptors (Lipinski definition) is 6. The second kappa shape index (κ2) is 9.48. The highest BCUT2D eigenvalue weighted by atomic mass is 31.1. The summed E-state index contributed by atoms with van der Waals surface area (Å²) in [6.45, 7) is 4.39. The van der Waals surface area contributed by atoms with Crippen molar-refractivity contribution in [3.8, 4) is 0 Å². The van der Waals surface area contributed by atoms with Crippen LogP contribution in [-0.4, -0.2) is 77.0 Å². The van der Waals surface area contributed by atoms with E-state index in [2.05, 4.69) is 0 Å². The molecule has 3 aliphatic rings. The molecule has 0 aromatic heterocycles. The zero-order valence-corrected chi connectivity index (χ0v) is 14.0. The monoisotopic (exact) mass is 334 g/mol. The number of hydrogen-bond donors (Lipinski definition) is 0. The zero-order chi connectivity index (χ0) is 15.0. The van der Waals surface area contributed by atoms with E-state index in [0.717, 1.165) is 58.9 Å². The van der Waals surface area contributed by atoms with Crippen LogP contribution in [0.5, 0.6) is 0 Å². The minimum absolute atomic E-state index is 0.00274. The van der Waals surface area contributed by atoms with Gasteiger partial charge in [0.1, 0.15) is 0 Å². The van der Waals surface area contributed by atoms with Crippen molar-refractivity contribution in [1.29, 1.82) is 0 Å². The first-order valence-corrected chi connectivity index (χ1v) is 10.2. The quantitative estimate of drug-likeness (QED) is 0.599. The molecule has 3 fully saturated rings. The average Bonchev–Trinajstić information content (AvgIpc) is 3.29. The third-order valence-corrected chi connectivity index (χ3v) is 6.79. The van der Waals surface area contributed by atoms with Gasteiger partial charge in [0.25, 0.3) is 0 Å². The van der Waals surface area contributed by atoms with Gasteiger partial charge in [-0.25, -0.2) is 0 Å². The predicted molar refractivity (Wildman–Crippen MR) is 82.4 cm³/mol. The highest BCUT2D eigenvalue weighted by Crippen LogP contribution is 2.40. The Morgan fingerprint density at radius 2 is 0.773 bits per heavy atom. The van der Waals surface area contributed by atoms with Crippen molar-refractivity contribution >= 4 is 7.92 Å². The Morgan fingerprint density at radius 3 is 1.05 bits per heavy atom. The fourth-order valence-corrected chi connectivity index (χ4v) is 5.32. The largest absolute Gasteiger partial charge is 0.350 e. The molecule has 3 heterocycles. The SMILES string of the molecule is C1COC(CCP(CCC2OCCO2)CCC2OCCO2)O1. The van der Waals surface area contributed by atoms with Gasteiger partial charge in [0.15, 0.2) is 18.9 Å². The lowest BCUT2D eigenvalue weighted by Gasteiger charge is -2.22. The molecular formula is C15H27O6P. The molecule has 7 heteroatoms. The lowest BCUT2D eigenvalue weighted by Crippen LogP contribution is -2.15. The molecule has 0 saturated carbocycles. The lowest BCUT2D eigenvalue weighted by molar-refractivity contribution is -0.0441. The molecule has 0 bridgehead atoms. The molecule has 0 aromatic rings. The van der Waals surface area contributed by atoms with E-state index >= 15 is 0 Å². The summed E-state index contributed by atoms with van der Waals surface area (Å²) in [6, 6.07) is 0. The van der Waals surface area contributed by atoms with Gasteiger partial charge in [-0.15, -0.1) is 7.92 Å². The van der Waals surface area contributed by atoms with Gasteiger partial charge in [-0.05, 0) is 18.5 Å². The fourth-order valence-electron chi connectivity index (χ4n) is 2.92. The van der Waals surface area contributed by atoms with Gasteiger partial charge in [-0.2, -0.15) is 0 Å². The lowest BCUT2D eigenvalue weighted by atomic mass is 10.5. The Balaban J connectivity index is 1.38. The smallest absolute Gasteiger partial charge is 0.158 e. The van der Waals surface area contributed by atoms with Crippen molar-refractivity contribution in [2.75, 3.05) is 58.1 Å². The molecule has 3 rings (SSSR count). The van der Waals surface area contributed by atoms with E-state index in [0.29, 0.717) is 0 Å². The van der Waals surface area contributed by atoms with Crippen molar-refractivity contribution < 1.29 is 28.4 Å². The van der Waals surface area contributed by atoms with Crippen molar-refractivity contribution in [2.45, 2.75) is 38.1 Å². The topological polar surface area (TPSA) is 55.4 Å². The van der Waals surface area contributed by atoms with Crippen LogP contribution in [0.3, 0.4) is 0 Å². The summed E-state index contributed by atoms with van der Waals surface area (Å²) < 4.78 is 33.3. The molecule has 0 N–H and O–H groups in total. The van der Waals surface area contributed by atoms with Gasteiger partial charge in [0.2, 0.25) is 0 Å². The van der Waals surface area contributed by atoms with Crippen molar-refractivity contribution in [2.24, 2.45) is 0 Å². The Bertz CT molecular complexity index is 253. The van der Waals surface area contributed by atoms with E-state index in [-0.39, 0.29) is 26.8 Å². The highest BCUT2D eigenvalue weighted by molar-refractivity contribution is 7.57. The number of rotatable bonds is 9. The van der Waals surface area contributed by atoms with Crippen molar-refractivity contribution in [1.82, 2.24) is 0 Å². The van der Waals surface area contributed by atoms with Crippen LogP contribution >= 0.6 is 7.92 Å². The Hall–Kier alpha value is 0.190. The molecule has 6 nitrogen and oxygen atoms in total. The van der Waals surface area contributed by atoms with E-state index in [1.165, 1.54) is 18.5 Å². The van der Waals surface area contributed by atoms with Crippen molar-refractivity contribution in [3.05, 3.63) is 0 Å². The predicted octanol–water partition coefficient (Wildman–Crippen LogP) is 1.76. The zero-order valence-electron chi connectivity index (χ0n) is 13.1. The summed E-state index contributed by atoms with van der Waals surface area (Å²) >= 11 is 0. The summed E-state index contributed by atoms with van der Waals surface area (Å²) in [5.41, 5.74) is 0. The first-order chi connectivity index (χ1) is 10.9. The second-order valence-electron chi connectivity index (χ2n) is 5.72. The summed E-state index contributed by atoms with van der Waals surface area (Å²) in [7, 11) is -0.0892. The van der Waals surface area contributed by atoms with Crippen LogP contribution in [0.2, 0.25) is 0 Å². The molecule has 128 valence electrons. The van der Waals surface area contributed by atoms with Crippen LogP contribution in [0.1, 0.15) is 19.3 Å². The van der Waals surface area contributed by atoms with Gasteiger partial charge in [-0.3, -0.25) is 0 Å². The molecule has 0 unspecified atom stereocenters. The second-order valence-corrected chi connectivity index (χ2v) is 8.40. The third kappa shape index (κ3) is 5.68. The Kier molecular flexibility index (Phi) is 7.34. The first-order valence-electron chi connectivity index (χ1n) is 8.32. The Labute approximate surface area is 133 Å². The van der Waals surface area contributed by atoms with Gasteiger partial charge >= 0.3 is 0 Å². The summed E-state index contributed by atoms with van der Waals surface area (Å²) in [5.74, 6) is 0. The van der Waals surface area contributed by atoms with Gasteiger partial charge in [-0.1, -0.05) is 0 Å². The maximum atomic E-state index is 5.55. The molecule has 0 amide bonds. The molecule has 22 heavy (non-hydrogen) atoms. The molecule has 0 aromatic carbocycles. The summed E-state index contributed by atoms with van der Waals surface area (Å²) in [6.07, 6.45) is 6.48. The maximum absolute atomic E-state index is 5.55. The van der Waals surface area contributed by atoms with E-state index in [1.807, 2.05) is 0 Å². The van der Waals surface area contributed by atoms with E-state index in [1.54, 1.807) is 0 Å². The molecule has 0 spiro atoms. The van der Waals surface area contributed by atoms with Crippen LogP contribution in [0.25, 0.3) is 0 Å². The standard InChI is InChI=1S/C15H27O6P/c1(13-16-4-5-17-13)10-22(11-2-14-18-6-7-19-14)12-3-15-20-8-9-21-15/h13-15H,1-12H2. The van der Waals surface area contributed by atoms with Crippen LogP contribution in [0.4, 0.5) is 0 Å². The number of ether oxygens (including phenoxy) is 6. The van der Waals surface area contributed by atoms with Crippen LogP contribution in [0, 0.1) is 0 Å². The van der Waals surface area contributed by atoms with Crippen molar-refractivity contribution in [3.63, 3.8) is 0 Å². The Morgan fingerprint density at radius 1 is 0.500 bits per heavy atom. The third-order valence-electron chi connectivity index (χ3n) is 4.12.